The maximum absolute atomic E-state index is 13.3. The highest BCUT2D eigenvalue weighted by Gasteiger charge is 2.42. The molecule has 3 aromatic carbocycles. The number of nitrogens with zero attached hydrogens (tertiary/aromatic N) is 1. The number of aliphatic carboxylic acids is 1. The quantitative estimate of drug-likeness (QED) is 0.190. The van der Waals surface area contributed by atoms with Gasteiger partial charge in [-0.2, -0.15) is 0 Å². The average Bonchev–Trinajstić information content (AvgIpc) is 2.92. The molecule has 0 saturated heterocycles. The van der Waals surface area contributed by atoms with Gasteiger partial charge in [-0.15, -0.1) is 0 Å². The molecule has 3 rings (SSSR count). The van der Waals surface area contributed by atoms with Gasteiger partial charge in [-0.25, -0.2) is 14.4 Å². The molecule has 0 fully saturated rings. The lowest BCUT2D eigenvalue weighted by molar-refractivity contribution is -0.173. The number of hydrogen-bond acceptors (Lipinski definition) is 6. The molecule has 0 heterocycles. The molecule has 2 amide bonds. The van der Waals surface area contributed by atoms with E-state index in [4.69, 9.17) is 9.47 Å². The van der Waals surface area contributed by atoms with E-state index in [9.17, 15) is 24.6 Å². The number of benzene rings is 3. The minimum atomic E-state index is -2.50. The van der Waals surface area contributed by atoms with Gasteiger partial charge in [0.25, 0.3) is 0 Å². The van der Waals surface area contributed by atoms with Crippen LogP contribution in [0.2, 0.25) is 0 Å². The Bertz CT molecular complexity index is 1270. The first kappa shape index (κ1) is 29.2. The van der Waals surface area contributed by atoms with E-state index >= 15 is 0 Å². The molecule has 2 unspecified atom stereocenters. The number of carboxylic acid groups (broad SMARTS) is 1. The number of methoxy groups -OCH3 is 1. The van der Waals surface area contributed by atoms with Crippen molar-refractivity contribution in [3.8, 4) is 22.6 Å². The van der Waals surface area contributed by atoms with Crippen molar-refractivity contribution in [1.29, 1.82) is 0 Å². The number of aliphatic hydroxyl groups is 1. The number of para-hydroxylation sites is 2. The number of rotatable bonds is 11. The smallest absolute Gasteiger partial charge is 0.357 e. The minimum absolute atomic E-state index is 0.0551. The molecule has 9 heteroatoms. The second kappa shape index (κ2) is 12.9. The third-order valence-electron chi connectivity index (χ3n) is 6.09. The Hall–Kier alpha value is -4.37. The van der Waals surface area contributed by atoms with Crippen molar-refractivity contribution in [3.05, 3.63) is 84.4 Å². The van der Waals surface area contributed by atoms with Gasteiger partial charge in [0.1, 0.15) is 6.04 Å². The Labute approximate surface area is 228 Å². The highest BCUT2D eigenvalue weighted by atomic mass is 16.6. The second-order valence-corrected chi connectivity index (χ2v) is 9.67. The van der Waals surface area contributed by atoms with E-state index in [0.717, 1.165) is 28.5 Å². The third-order valence-corrected chi connectivity index (χ3v) is 6.09. The zero-order chi connectivity index (χ0) is 28.6. The van der Waals surface area contributed by atoms with Crippen LogP contribution in [0, 0.1) is 5.92 Å². The van der Waals surface area contributed by atoms with E-state index < -0.39 is 29.7 Å². The summed E-state index contributed by atoms with van der Waals surface area (Å²) in [6.45, 7) is 4.51. The van der Waals surface area contributed by atoms with Gasteiger partial charge in [-0.3, -0.25) is 4.90 Å². The SMILES string of the molecule is COc1ccccc1OC(=O)C(Cc1ccc(-c2ccccc2)cc1)NC(=O)N(CC(C)C)C(C)(O)C(=O)O. The van der Waals surface area contributed by atoms with Crippen molar-refractivity contribution in [3.63, 3.8) is 0 Å². The van der Waals surface area contributed by atoms with Crippen molar-refractivity contribution in [2.75, 3.05) is 13.7 Å². The maximum Gasteiger partial charge on any atom is 0.357 e. The first-order valence-corrected chi connectivity index (χ1v) is 12.6. The molecule has 0 spiro atoms. The van der Waals surface area contributed by atoms with Gasteiger partial charge >= 0.3 is 18.0 Å². The summed E-state index contributed by atoms with van der Waals surface area (Å²) in [4.78, 5) is 39.2. The van der Waals surface area contributed by atoms with E-state index in [1.54, 1.807) is 38.1 Å². The molecule has 3 aromatic rings. The van der Waals surface area contributed by atoms with Gasteiger partial charge in [-0.1, -0.05) is 80.6 Å². The van der Waals surface area contributed by atoms with E-state index in [1.165, 1.54) is 7.11 Å². The Morgan fingerprint density at radius 1 is 0.897 bits per heavy atom. The van der Waals surface area contributed by atoms with Gasteiger partial charge in [0.15, 0.2) is 11.5 Å². The van der Waals surface area contributed by atoms with Crippen molar-refractivity contribution < 1.29 is 34.1 Å². The summed E-state index contributed by atoms with van der Waals surface area (Å²) in [6, 6.07) is 21.8. The molecule has 9 nitrogen and oxygen atoms in total. The van der Waals surface area contributed by atoms with Crippen LogP contribution >= 0.6 is 0 Å². The van der Waals surface area contributed by atoms with Crippen LogP contribution in [0.15, 0.2) is 78.9 Å². The standard InChI is InChI=1S/C30H34N2O7/c1-20(2)19-32(30(3,37)28(34)35)29(36)31-24(27(33)39-26-13-9-8-12-25(26)38-4)18-21-14-16-23(17-15-21)22-10-6-5-7-11-22/h5-17,20,24,37H,18-19H2,1-4H3,(H,31,36)(H,34,35). The lowest BCUT2D eigenvalue weighted by Gasteiger charge is -2.35. The van der Waals surface area contributed by atoms with Crippen molar-refractivity contribution >= 4 is 18.0 Å². The molecule has 206 valence electrons. The molecule has 0 aromatic heterocycles. The largest absolute Gasteiger partial charge is 0.493 e. The molecule has 0 saturated carbocycles. The Kier molecular flexibility index (Phi) is 9.68. The van der Waals surface area contributed by atoms with Crippen molar-refractivity contribution in [2.24, 2.45) is 5.92 Å². The molecule has 0 aliphatic carbocycles. The molecular formula is C30H34N2O7. The van der Waals surface area contributed by atoms with E-state index in [1.807, 2.05) is 54.6 Å². The Morgan fingerprint density at radius 3 is 2.03 bits per heavy atom. The number of urea groups is 1. The molecule has 0 radical (unpaired) electrons. The van der Waals surface area contributed by atoms with Crippen molar-refractivity contribution in [1.82, 2.24) is 10.2 Å². The zero-order valence-electron chi connectivity index (χ0n) is 22.5. The third kappa shape index (κ3) is 7.58. The Balaban J connectivity index is 1.90. The summed E-state index contributed by atoms with van der Waals surface area (Å²) in [6.07, 6.45) is 0.0551. The van der Waals surface area contributed by atoms with Crippen LogP contribution in [-0.4, -0.2) is 58.5 Å². The van der Waals surface area contributed by atoms with E-state index in [0.29, 0.717) is 5.75 Å². The average molecular weight is 535 g/mol. The predicted octanol–water partition coefficient (Wildman–Crippen LogP) is 4.34. The predicted molar refractivity (Wildman–Crippen MR) is 146 cm³/mol. The number of hydrogen-bond donors (Lipinski definition) is 3. The van der Waals surface area contributed by atoms with Crippen LogP contribution in [0.3, 0.4) is 0 Å². The monoisotopic (exact) mass is 534 g/mol. The number of ether oxygens (including phenoxy) is 2. The molecule has 0 bridgehead atoms. The van der Waals surface area contributed by atoms with Crippen LogP contribution in [-0.2, 0) is 16.0 Å². The van der Waals surface area contributed by atoms with E-state index in [-0.39, 0.29) is 24.6 Å². The summed E-state index contributed by atoms with van der Waals surface area (Å²) in [7, 11) is 1.44. The van der Waals surface area contributed by atoms with Gasteiger partial charge in [0.2, 0.25) is 5.72 Å². The molecule has 0 aliphatic heterocycles. The van der Waals surface area contributed by atoms with Crippen LogP contribution in [0.4, 0.5) is 4.79 Å². The highest BCUT2D eigenvalue weighted by molar-refractivity contribution is 5.88. The summed E-state index contributed by atoms with van der Waals surface area (Å²) in [5.74, 6) is -2.04. The summed E-state index contributed by atoms with van der Waals surface area (Å²) in [5.41, 5.74) is 0.252. The molecule has 3 N–H and O–H groups in total. The normalized spacial score (nSPS) is 13.2. The van der Waals surface area contributed by atoms with Gasteiger partial charge in [-0.05, 0) is 41.7 Å². The van der Waals surface area contributed by atoms with Crippen LogP contribution in [0.25, 0.3) is 11.1 Å². The number of nitrogens with one attached hydrogen (secondary N) is 1. The Morgan fingerprint density at radius 2 is 1.46 bits per heavy atom. The van der Waals surface area contributed by atoms with Crippen LogP contribution in [0.1, 0.15) is 26.3 Å². The lowest BCUT2D eigenvalue weighted by atomic mass is 10.0. The fourth-order valence-electron chi connectivity index (χ4n) is 3.94. The minimum Gasteiger partial charge on any atom is -0.493 e. The number of esters is 1. The second-order valence-electron chi connectivity index (χ2n) is 9.67. The lowest BCUT2D eigenvalue weighted by Crippen LogP contribution is -2.61. The number of carboxylic acids is 1. The number of carbonyl (C=O) groups is 3. The highest BCUT2D eigenvalue weighted by Crippen LogP contribution is 2.27. The number of amides is 2. The van der Waals surface area contributed by atoms with Gasteiger partial charge in [0, 0.05) is 13.0 Å². The van der Waals surface area contributed by atoms with E-state index in [2.05, 4.69) is 5.32 Å². The first-order chi connectivity index (χ1) is 18.5. The van der Waals surface area contributed by atoms with Crippen molar-refractivity contribution in [2.45, 2.75) is 39.0 Å². The fourth-order valence-corrected chi connectivity index (χ4v) is 3.94. The molecule has 0 aliphatic rings. The maximum atomic E-state index is 13.3. The van der Waals surface area contributed by atoms with Crippen LogP contribution in [0.5, 0.6) is 11.5 Å². The summed E-state index contributed by atoms with van der Waals surface area (Å²) < 4.78 is 10.8. The summed E-state index contributed by atoms with van der Waals surface area (Å²) >= 11 is 0. The van der Waals surface area contributed by atoms with Gasteiger partial charge < -0.3 is 25.0 Å². The summed E-state index contributed by atoms with van der Waals surface area (Å²) in [5, 5.41) is 22.7. The zero-order valence-corrected chi connectivity index (χ0v) is 22.5. The molecule has 2 atom stereocenters. The number of carbonyl (C=O) groups excluding carboxylic acids is 2. The fraction of sp³-hybridized carbons (Fsp3) is 0.300. The molecular weight excluding hydrogens is 500 g/mol. The molecule has 39 heavy (non-hydrogen) atoms. The first-order valence-electron chi connectivity index (χ1n) is 12.6. The topological polar surface area (TPSA) is 125 Å². The van der Waals surface area contributed by atoms with Crippen LogP contribution < -0.4 is 14.8 Å². The van der Waals surface area contributed by atoms with Gasteiger partial charge in [0.05, 0.1) is 7.11 Å².